The average molecular weight is 329 g/mol. The van der Waals surface area contributed by atoms with Crippen LogP contribution >= 0.6 is 0 Å². The van der Waals surface area contributed by atoms with Crippen molar-refractivity contribution in [2.24, 2.45) is 0 Å². The Labute approximate surface area is 126 Å². The summed E-state index contributed by atoms with van der Waals surface area (Å²) in [5.74, 6) is 0. The molecule has 0 amide bonds. The van der Waals surface area contributed by atoms with E-state index >= 15 is 0 Å². The number of halogens is 3. The molecule has 22 heavy (non-hydrogen) atoms. The van der Waals surface area contributed by atoms with Gasteiger partial charge in [0.25, 0.3) is 10.0 Å². The van der Waals surface area contributed by atoms with Crippen LogP contribution in [-0.4, -0.2) is 8.42 Å². The molecule has 0 aliphatic rings. The van der Waals surface area contributed by atoms with E-state index in [1.54, 1.807) is 19.1 Å². The minimum absolute atomic E-state index is 0.00151. The van der Waals surface area contributed by atoms with Crippen LogP contribution in [0, 0.1) is 13.8 Å². The topological polar surface area (TPSA) is 46.2 Å². The Morgan fingerprint density at radius 1 is 1.00 bits per heavy atom. The van der Waals surface area contributed by atoms with Gasteiger partial charge in [-0.25, -0.2) is 8.42 Å². The third-order valence-electron chi connectivity index (χ3n) is 3.10. The molecule has 2 rings (SSSR count). The smallest absolute Gasteiger partial charge is 0.280 e. The van der Waals surface area contributed by atoms with Crippen LogP contribution in [0.2, 0.25) is 0 Å². The molecule has 2 aromatic rings. The quantitative estimate of drug-likeness (QED) is 0.920. The molecule has 0 saturated carbocycles. The average Bonchev–Trinajstić information content (AvgIpc) is 2.39. The van der Waals surface area contributed by atoms with Gasteiger partial charge in [0, 0.05) is 5.69 Å². The highest BCUT2D eigenvalue weighted by Crippen LogP contribution is 2.33. The highest BCUT2D eigenvalue weighted by atomic mass is 32.2. The molecule has 0 aliphatic carbocycles. The van der Waals surface area contributed by atoms with Crippen molar-refractivity contribution in [2.45, 2.75) is 24.9 Å². The maximum Gasteiger partial charge on any atom is 0.416 e. The van der Waals surface area contributed by atoms with Gasteiger partial charge in [0.1, 0.15) is 0 Å². The second-order valence-corrected chi connectivity index (χ2v) is 6.63. The van der Waals surface area contributed by atoms with Crippen LogP contribution in [0.15, 0.2) is 47.4 Å². The zero-order valence-corrected chi connectivity index (χ0v) is 12.7. The van der Waals surface area contributed by atoms with Crippen molar-refractivity contribution in [1.29, 1.82) is 0 Å². The monoisotopic (exact) mass is 329 g/mol. The highest BCUT2D eigenvalue weighted by Gasteiger charge is 2.32. The van der Waals surface area contributed by atoms with Crippen molar-refractivity contribution in [3.05, 3.63) is 59.2 Å². The lowest BCUT2D eigenvalue weighted by Gasteiger charge is -2.13. The molecule has 0 saturated heterocycles. The van der Waals surface area contributed by atoms with Crippen LogP contribution in [0.4, 0.5) is 18.9 Å². The fourth-order valence-electron chi connectivity index (χ4n) is 1.99. The third kappa shape index (κ3) is 3.59. The Hall–Kier alpha value is -2.02. The summed E-state index contributed by atoms with van der Waals surface area (Å²) in [5.41, 5.74) is -0.217. The minimum Gasteiger partial charge on any atom is -0.280 e. The van der Waals surface area contributed by atoms with Crippen LogP contribution in [0.3, 0.4) is 0 Å². The molecule has 0 fully saturated rings. The summed E-state index contributed by atoms with van der Waals surface area (Å²) in [7, 11) is -3.93. The molecule has 0 spiro atoms. The minimum atomic E-state index is -4.53. The number of nitrogens with one attached hydrogen (secondary N) is 1. The first kappa shape index (κ1) is 16.4. The normalized spacial score (nSPS) is 12.2. The van der Waals surface area contributed by atoms with E-state index in [2.05, 4.69) is 4.72 Å². The van der Waals surface area contributed by atoms with E-state index < -0.39 is 21.8 Å². The Kier molecular flexibility index (Phi) is 4.19. The summed E-state index contributed by atoms with van der Waals surface area (Å²) in [4.78, 5) is 0.00151. The van der Waals surface area contributed by atoms with Crippen molar-refractivity contribution in [3.8, 4) is 0 Å². The number of alkyl halides is 3. The second-order valence-electron chi connectivity index (χ2n) is 4.95. The number of anilines is 1. The first-order chi connectivity index (χ1) is 10.1. The Morgan fingerprint density at radius 3 is 2.27 bits per heavy atom. The van der Waals surface area contributed by atoms with Gasteiger partial charge in [-0.1, -0.05) is 18.2 Å². The molecule has 1 N–H and O–H groups in total. The van der Waals surface area contributed by atoms with Gasteiger partial charge in [-0.2, -0.15) is 13.2 Å². The van der Waals surface area contributed by atoms with Gasteiger partial charge in [0.05, 0.1) is 10.5 Å². The number of rotatable bonds is 3. The lowest BCUT2D eigenvalue weighted by molar-refractivity contribution is -0.138. The molecule has 0 aliphatic heterocycles. The molecule has 7 heteroatoms. The molecule has 0 radical (unpaired) electrons. The molecule has 3 nitrogen and oxygen atoms in total. The summed E-state index contributed by atoms with van der Waals surface area (Å²) in [6.07, 6.45) is -4.53. The van der Waals surface area contributed by atoms with E-state index in [-0.39, 0.29) is 16.1 Å². The maximum atomic E-state index is 12.9. The van der Waals surface area contributed by atoms with Crippen LogP contribution < -0.4 is 4.72 Å². The maximum absolute atomic E-state index is 12.9. The number of benzene rings is 2. The largest absolute Gasteiger partial charge is 0.416 e. The fraction of sp³-hybridized carbons (Fsp3) is 0.200. The molecule has 0 bridgehead atoms. The summed E-state index contributed by atoms with van der Waals surface area (Å²) in [6.45, 7) is 3.05. The molecule has 2 aromatic carbocycles. The lowest BCUT2D eigenvalue weighted by atomic mass is 10.1. The molecular formula is C15H14F3NO2S. The standard InChI is InChI=1S/C15H14F3NO2S/c1-10-4-3-5-13(8-10)22(20,21)19-12-7-6-11(2)14(9-12)15(16,17)18/h3-9,19H,1-2H3. The SMILES string of the molecule is Cc1cccc(S(=O)(=O)Nc2ccc(C)c(C(F)(F)F)c2)c1. The van der Waals surface area contributed by atoms with E-state index in [9.17, 15) is 21.6 Å². The van der Waals surface area contributed by atoms with Crippen molar-refractivity contribution < 1.29 is 21.6 Å². The van der Waals surface area contributed by atoms with Crippen LogP contribution in [0.25, 0.3) is 0 Å². The van der Waals surface area contributed by atoms with E-state index in [4.69, 9.17) is 0 Å². The molecule has 0 aromatic heterocycles. The van der Waals surface area contributed by atoms with Crippen LogP contribution in [0.5, 0.6) is 0 Å². The van der Waals surface area contributed by atoms with Crippen molar-refractivity contribution in [1.82, 2.24) is 0 Å². The van der Waals surface area contributed by atoms with Gasteiger partial charge in [-0.15, -0.1) is 0 Å². The van der Waals surface area contributed by atoms with Crippen molar-refractivity contribution in [3.63, 3.8) is 0 Å². The Balaban J connectivity index is 2.39. The molecular weight excluding hydrogens is 315 g/mol. The molecule has 0 heterocycles. The van der Waals surface area contributed by atoms with Crippen LogP contribution in [0.1, 0.15) is 16.7 Å². The predicted molar refractivity (Wildman–Crippen MR) is 78.2 cm³/mol. The molecule has 0 atom stereocenters. The first-order valence-corrected chi connectivity index (χ1v) is 7.85. The van der Waals surface area contributed by atoms with Crippen molar-refractivity contribution >= 4 is 15.7 Å². The first-order valence-electron chi connectivity index (χ1n) is 6.37. The van der Waals surface area contributed by atoms with Gasteiger partial charge in [-0.05, 0) is 49.2 Å². The van der Waals surface area contributed by atoms with E-state index in [0.717, 1.165) is 11.6 Å². The van der Waals surface area contributed by atoms with Gasteiger partial charge in [-0.3, -0.25) is 4.72 Å². The van der Waals surface area contributed by atoms with Gasteiger partial charge >= 0.3 is 6.18 Å². The van der Waals surface area contributed by atoms with E-state index in [1.807, 2.05) is 0 Å². The van der Waals surface area contributed by atoms with Crippen molar-refractivity contribution in [2.75, 3.05) is 4.72 Å². The summed E-state index contributed by atoms with van der Waals surface area (Å²) in [5, 5.41) is 0. The second kappa shape index (κ2) is 5.64. The van der Waals surface area contributed by atoms with Gasteiger partial charge in [0.15, 0.2) is 0 Å². The van der Waals surface area contributed by atoms with Gasteiger partial charge in [0.2, 0.25) is 0 Å². The third-order valence-corrected chi connectivity index (χ3v) is 4.47. The van der Waals surface area contributed by atoms with Crippen LogP contribution in [-0.2, 0) is 16.2 Å². The predicted octanol–water partition coefficient (Wildman–Crippen LogP) is 4.12. The van der Waals surface area contributed by atoms with E-state index in [0.29, 0.717) is 0 Å². The highest BCUT2D eigenvalue weighted by molar-refractivity contribution is 7.92. The zero-order valence-electron chi connectivity index (χ0n) is 11.9. The summed E-state index contributed by atoms with van der Waals surface area (Å²) < 4.78 is 65.2. The van der Waals surface area contributed by atoms with E-state index in [1.165, 1.54) is 31.2 Å². The summed E-state index contributed by atoms with van der Waals surface area (Å²) in [6, 6.07) is 9.46. The molecule has 0 unspecified atom stereocenters. The Bertz CT molecular complexity index is 799. The lowest BCUT2D eigenvalue weighted by Crippen LogP contribution is -2.14. The molecule has 118 valence electrons. The number of aryl methyl sites for hydroxylation is 2. The van der Waals surface area contributed by atoms with Gasteiger partial charge < -0.3 is 0 Å². The summed E-state index contributed by atoms with van der Waals surface area (Å²) >= 11 is 0. The fourth-order valence-corrected chi connectivity index (χ4v) is 3.14. The number of hydrogen-bond donors (Lipinski definition) is 1. The Morgan fingerprint density at radius 2 is 1.68 bits per heavy atom. The number of sulfonamides is 1. The zero-order chi connectivity index (χ0) is 16.5. The number of hydrogen-bond acceptors (Lipinski definition) is 2.